The zero-order valence-electron chi connectivity index (χ0n) is 17.7. The summed E-state index contributed by atoms with van der Waals surface area (Å²) < 4.78 is 14.9. The molecule has 0 aliphatic heterocycles. The average molecular weight is 419 g/mol. The van der Waals surface area contributed by atoms with Gasteiger partial charge < -0.3 is 9.15 Å². The van der Waals surface area contributed by atoms with Crippen molar-refractivity contribution in [3.8, 4) is 17.2 Å². The molecule has 1 fully saturated rings. The molecule has 1 aliphatic carbocycles. The van der Waals surface area contributed by atoms with Crippen molar-refractivity contribution >= 4 is 11.0 Å². The van der Waals surface area contributed by atoms with Crippen molar-refractivity contribution in [1.82, 2.24) is 24.3 Å². The van der Waals surface area contributed by atoms with Crippen molar-refractivity contribution in [2.24, 2.45) is 13.0 Å². The van der Waals surface area contributed by atoms with Crippen LogP contribution in [0.15, 0.2) is 51.9 Å². The fourth-order valence-electron chi connectivity index (χ4n) is 4.55. The van der Waals surface area contributed by atoms with E-state index in [0.29, 0.717) is 24.2 Å². The number of imidazole rings is 1. The van der Waals surface area contributed by atoms with Crippen molar-refractivity contribution < 1.29 is 9.15 Å². The number of ether oxygens (including phenoxy) is 1. The van der Waals surface area contributed by atoms with Gasteiger partial charge in [-0.25, -0.2) is 4.79 Å². The largest absolute Gasteiger partial charge is 0.497 e. The van der Waals surface area contributed by atoms with Gasteiger partial charge in [0.1, 0.15) is 5.75 Å². The molecule has 0 radical (unpaired) electrons. The number of nitrogens with zero attached hydrogens (tertiary/aromatic N) is 5. The van der Waals surface area contributed by atoms with E-state index in [9.17, 15) is 4.79 Å². The molecule has 8 heteroatoms. The van der Waals surface area contributed by atoms with Crippen LogP contribution < -0.4 is 10.4 Å². The van der Waals surface area contributed by atoms with E-state index < -0.39 is 0 Å². The number of benzene rings is 1. The smallest absolute Gasteiger partial charge is 0.328 e. The minimum absolute atomic E-state index is 0.0170. The lowest BCUT2D eigenvalue weighted by molar-refractivity contribution is 0.270. The van der Waals surface area contributed by atoms with Crippen LogP contribution in [-0.4, -0.2) is 31.4 Å². The lowest BCUT2D eigenvalue weighted by Crippen LogP contribution is -2.27. The number of fused-ring (bicyclic) bond motifs is 1. The van der Waals surface area contributed by atoms with Gasteiger partial charge in [-0.3, -0.25) is 14.1 Å². The topological polar surface area (TPSA) is 88.0 Å². The van der Waals surface area contributed by atoms with E-state index in [-0.39, 0.29) is 11.6 Å². The van der Waals surface area contributed by atoms with Gasteiger partial charge in [0.2, 0.25) is 11.8 Å². The second-order valence-electron chi connectivity index (χ2n) is 8.21. The summed E-state index contributed by atoms with van der Waals surface area (Å²) in [5, 5.41) is 8.48. The Labute approximate surface area is 179 Å². The molecule has 0 atom stereocenters. The van der Waals surface area contributed by atoms with E-state index in [1.54, 1.807) is 24.1 Å². The predicted molar refractivity (Wildman–Crippen MR) is 116 cm³/mol. The van der Waals surface area contributed by atoms with Gasteiger partial charge >= 0.3 is 5.69 Å². The monoisotopic (exact) mass is 419 g/mol. The second kappa shape index (κ2) is 8.02. The Morgan fingerprint density at radius 3 is 2.71 bits per heavy atom. The third-order valence-electron chi connectivity index (χ3n) is 6.34. The Kier molecular flexibility index (Phi) is 5.05. The van der Waals surface area contributed by atoms with Gasteiger partial charge in [0, 0.05) is 38.0 Å². The van der Waals surface area contributed by atoms with Crippen LogP contribution in [0.5, 0.6) is 5.75 Å². The predicted octanol–water partition coefficient (Wildman–Crippen LogP) is 3.77. The molecular formula is C23H25N5O3. The molecule has 160 valence electrons. The molecule has 1 saturated carbocycles. The minimum Gasteiger partial charge on any atom is -0.497 e. The van der Waals surface area contributed by atoms with Crippen molar-refractivity contribution in [3.63, 3.8) is 0 Å². The summed E-state index contributed by atoms with van der Waals surface area (Å²) >= 11 is 0. The number of aromatic nitrogens is 5. The van der Waals surface area contributed by atoms with E-state index in [2.05, 4.69) is 15.2 Å². The molecule has 0 unspecified atom stereocenters. The summed E-state index contributed by atoms with van der Waals surface area (Å²) in [5.41, 5.74) is 2.70. The van der Waals surface area contributed by atoms with Crippen LogP contribution in [0.2, 0.25) is 0 Å². The molecule has 5 rings (SSSR count). The van der Waals surface area contributed by atoms with Crippen LogP contribution >= 0.6 is 0 Å². The molecule has 0 amide bonds. The van der Waals surface area contributed by atoms with Crippen LogP contribution in [0, 0.1) is 5.92 Å². The minimum atomic E-state index is 0.0170. The van der Waals surface area contributed by atoms with Gasteiger partial charge in [-0.1, -0.05) is 0 Å². The van der Waals surface area contributed by atoms with E-state index >= 15 is 0 Å². The Bertz CT molecular complexity index is 1250. The van der Waals surface area contributed by atoms with Gasteiger partial charge in [-0.15, -0.1) is 10.2 Å². The summed E-state index contributed by atoms with van der Waals surface area (Å²) in [6, 6.07) is 9.55. The Balaban J connectivity index is 1.29. The van der Waals surface area contributed by atoms with Gasteiger partial charge in [-0.05, 0) is 55.9 Å². The molecule has 4 aromatic rings. The fraction of sp³-hybridized carbons (Fsp3) is 0.391. The SMILES string of the molecule is COc1ccc2c(c1)n(CC1CCC(c3nnc(-c4cccnc4)o3)CC1)c(=O)n2C. The Morgan fingerprint density at radius 1 is 1.13 bits per heavy atom. The van der Waals surface area contributed by atoms with Crippen LogP contribution in [0.25, 0.3) is 22.5 Å². The lowest BCUT2D eigenvalue weighted by Gasteiger charge is -2.26. The molecule has 0 N–H and O–H groups in total. The molecular weight excluding hydrogens is 394 g/mol. The maximum absolute atomic E-state index is 12.8. The van der Waals surface area contributed by atoms with Crippen molar-refractivity contribution in [3.05, 3.63) is 59.1 Å². The van der Waals surface area contributed by atoms with E-state index in [1.807, 2.05) is 41.9 Å². The standard InChI is InChI=1S/C23H25N5O3/c1-27-19-10-9-18(30-2)12-20(19)28(23(27)29)14-15-5-7-16(8-6-15)21-25-26-22(31-21)17-4-3-11-24-13-17/h3-4,9-13,15-16H,5-8,14H2,1-2H3. The number of methoxy groups -OCH3 is 1. The maximum atomic E-state index is 12.8. The number of hydrogen-bond acceptors (Lipinski definition) is 6. The highest BCUT2D eigenvalue weighted by atomic mass is 16.5. The first-order valence-electron chi connectivity index (χ1n) is 10.6. The highest BCUT2D eigenvalue weighted by molar-refractivity contribution is 5.77. The fourth-order valence-corrected chi connectivity index (χ4v) is 4.55. The van der Waals surface area contributed by atoms with Crippen LogP contribution in [0.3, 0.4) is 0 Å². The first-order chi connectivity index (χ1) is 15.1. The van der Waals surface area contributed by atoms with E-state index in [0.717, 1.165) is 48.0 Å². The van der Waals surface area contributed by atoms with Gasteiger partial charge in [0.05, 0.1) is 23.7 Å². The van der Waals surface area contributed by atoms with E-state index in [1.165, 1.54) is 0 Å². The molecule has 1 aliphatic rings. The molecule has 0 bridgehead atoms. The highest BCUT2D eigenvalue weighted by Crippen LogP contribution is 2.37. The van der Waals surface area contributed by atoms with Crippen molar-refractivity contribution in [1.29, 1.82) is 0 Å². The highest BCUT2D eigenvalue weighted by Gasteiger charge is 2.27. The Hall–Kier alpha value is -3.42. The second-order valence-corrected chi connectivity index (χ2v) is 8.21. The number of pyridine rings is 1. The summed E-state index contributed by atoms with van der Waals surface area (Å²) in [6.07, 6.45) is 7.43. The zero-order chi connectivity index (χ0) is 21.4. The molecule has 3 heterocycles. The first-order valence-corrected chi connectivity index (χ1v) is 10.6. The van der Waals surface area contributed by atoms with Gasteiger partial charge in [0.15, 0.2) is 0 Å². The molecule has 0 saturated heterocycles. The number of hydrogen-bond donors (Lipinski definition) is 0. The van der Waals surface area contributed by atoms with Gasteiger partial charge in [0.25, 0.3) is 0 Å². The normalized spacial score (nSPS) is 19.0. The van der Waals surface area contributed by atoms with Crippen LogP contribution in [0.1, 0.15) is 37.5 Å². The Morgan fingerprint density at radius 2 is 1.97 bits per heavy atom. The summed E-state index contributed by atoms with van der Waals surface area (Å²) in [6.45, 7) is 0.709. The quantitative estimate of drug-likeness (QED) is 0.489. The van der Waals surface area contributed by atoms with Crippen molar-refractivity contribution in [2.75, 3.05) is 7.11 Å². The summed E-state index contributed by atoms with van der Waals surface area (Å²) in [4.78, 5) is 16.9. The summed E-state index contributed by atoms with van der Waals surface area (Å²) in [7, 11) is 3.46. The molecule has 8 nitrogen and oxygen atoms in total. The zero-order valence-corrected chi connectivity index (χ0v) is 17.7. The lowest BCUT2D eigenvalue weighted by atomic mass is 9.82. The van der Waals surface area contributed by atoms with Crippen LogP contribution in [-0.2, 0) is 13.6 Å². The molecule has 1 aromatic carbocycles. The average Bonchev–Trinajstić information content (AvgIpc) is 3.40. The van der Waals surface area contributed by atoms with Gasteiger partial charge in [-0.2, -0.15) is 0 Å². The first kappa shape index (κ1) is 19.5. The third kappa shape index (κ3) is 3.62. The van der Waals surface area contributed by atoms with E-state index in [4.69, 9.17) is 9.15 Å². The molecule has 3 aromatic heterocycles. The third-order valence-corrected chi connectivity index (χ3v) is 6.34. The molecule has 0 spiro atoms. The number of rotatable bonds is 5. The maximum Gasteiger partial charge on any atom is 0.328 e. The molecule has 31 heavy (non-hydrogen) atoms. The summed E-state index contributed by atoms with van der Waals surface area (Å²) in [5.74, 6) is 2.67. The number of aryl methyl sites for hydroxylation is 1. The van der Waals surface area contributed by atoms with Crippen molar-refractivity contribution in [2.45, 2.75) is 38.1 Å². The van der Waals surface area contributed by atoms with Crippen LogP contribution in [0.4, 0.5) is 0 Å².